The average Bonchev–Trinajstić information content (AvgIpc) is 2.91. The molecular formula is C27H30N6O4S. The number of hydrogen-bond donors (Lipinski definition) is 4. The molecule has 198 valence electrons. The Labute approximate surface area is 221 Å². The Morgan fingerprint density at radius 3 is 2.24 bits per heavy atom. The summed E-state index contributed by atoms with van der Waals surface area (Å²) in [5, 5.41) is 3.28. The zero-order valence-corrected chi connectivity index (χ0v) is 21.7. The lowest BCUT2D eigenvalue weighted by atomic mass is 10.1. The van der Waals surface area contributed by atoms with Gasteiger partial charge in [-0.15, -0.1) is 0 Å². The monoisotopic (exact) mass is 534 g/mol. The molecule has 4 rings (SSSR count). The molecule has 0 aliphatic rings. The van der Waals surface area contributed by atoms with Crippen LogP contribution in [0.3, 0.4) is 0 Å². The fourth-order valence-corrected chi connectivity index (χ4v) is 5.02. The number of nitrogen functional groups attached to an aromatic ring is 3. The summed E-state index contributed by atoms with van der Waals surface area (Å²) >= 11 is 0. The minimum absolute atomic E-state index is 0.137. The Morgan fingerprint density at radius 1 is 0.895 bits per heavy atom. The van der Waals surface area contributed by atoms with E-state index in [1.54, 1.807) is 49.7 Å². The molecule has 0 radical (unpaired) electrons. The molecule has 0 saturated carbocycles. The topological polar surface area (TPSA) is 168 Å². The van der Waals surface area contributed by atoms with E-state index in [0.717, 1.165) is 16.8 Å². The first-order valence-corrected chi connectivity index (χ1v) is 13.4. The van der Waals surface area contributed by atoms with Crippen molar-refractivity contribution in [3.63, 3.8) is 0 Å². The van der Waals surface area contributed by atoms with E-state index >= 15 is 0 Å². The van der Waals surface area contributed by atoms with Gasteiger partial charge in [0.25, 0.3) is 0 Å². The number of methoxy groups -OCH3 is 1. The van der Waals surface area contributed by atoms with Gasteiger partial charge < -0.3 is 32.0 Å². The van der Waals surface area contributed by atoms with Gasteiger partial charge in [0, 0.05) is 36.1 Å². The van der Waals surface area contributed by atoms with Crippen LogP contribution in [0.25, 0.3) is 0 Å². The van der Waals surface area contributed by atoms with Crippen LogP contribution in [0, 0.1) is 0 Å². The van der Waals surface area contributed by atoms with Gasteiger partial charge in [0.1, 0.15) is 5.82 Å². The van der Waals surface area contributed by atoms with E-state index in [1.807, 2.05) is 18.2 Å². The van der Waals surface area contributed by atoms with E-state index in [-0.39, 0.29) is 15.7 Å². The fraction of sp³-hybridized carbons (Fsp3) is 0.185. The number of nitrogens with one attached hydrogen (secondary N) is 1. The molecule has 4 aromatic rings. The predicted octanol–water partition coefficient (Wildman–Crippen LogP) is 3.54. The highest BCUT2D eigenvalue weighted by atomic mass is 32.2. The molecule has 1 heterocycles. The number of sulfone groups is 1. The van der Waals surface area contributed by atoms with Gasteiger partial charge in [-0.2, -0.15) is 4.98 Å². The highest BCUT2D eigenvalue weighted by Gasteiger charge is 2.17. The first kappa shape index (κ1) is 26.6. The molecule has 0 aliphatic heterocycles. The molecule has 0 amide bonds. The lowest BCUT2D eigenvalue weighted by Gasteiger charge is -2.13. The third kappa shape index (κ3) is 6.43. The normalized spacial score (nSPS) is 11.2. The summed E-state index contributed by atoms with van der Waals surface area (Å²) in [4.78, 5) is 8.43. The smallest absolute Gasteiger partial charge is 0.221 e. The Kier molecular flexibility index (Phi) is 8.17. The highest BCUT2D eigenvalue weighted by molar-refractivity contribution is 7.91. The molecule has 0 bridgehead atoms. The average molecular weight is 535 g/mol. The van der Waals surface area contributed by atoms with Crippen LogP contribution in [0.4, 0.5) is 23.1 Å². The second-order valence-electron chi connectivity index (χ2n) is 8.53. The first-order chi connectivity index (χ1) is 18.3. The van der Waals surface area contributed by atoms with Crippen molar-refractivity contribution in [2.45, 2.75) is 22.6 Å². The molecule has 1 aromatic heterocycles. The van der Waals surface area contributed by atoms with Crippen molar-refractivity contribution < 1.29 is 17.9 Å². The number of benzene rings is 3. The Bertz CT molecular complexity index is 1490. The summed E-state index contributed by atoms with van der Waals surface area (Å²) in [5.74, 6) is 1.73. The lowest BCUT2D eigenvalue weighted by molar-refractivity contribution is 0.292. The van der Waals surface area contributed by atoms with E-state index in [9.17, 15) is 8.42 Å². The van der Waals surface area contributed by atoms with Crippen molar-refractivity contribution in [1.82, 2.24) is 9.97 Å². The van der Waals surface area contributed by atoms with Gasteiger partial charge in [-0.3, -0.25) is 0 Å². The number of aromatic nitrogens is 2. The standard InChI is InChI=1S/C27H30N6O4S/c1-36-24-12-3-18(15-19-17-32-27(30)33-26(19)29)16-25(24)37-14-2-13-31-21-6-10-23(11-7-21)38(34,35)22-8-4-20(28)5-9-22/h3-12,16-17,31H,2,13-15,28H2,1H3,(H4,29,30,32,33). The number of nitrogens with two attached hydrogens (primary N) is 3. The summed E-state index contributed by atoms with van der Waals surface area (Å²) in [6.07, 6.45) is 2.85. The summed E-state index contributed by atoms with van der Waals surface area (Å²) in [6, 6.07) is 18.5. The van der Waals surface area contributed by atoms with Crippen molar-refractivity contribution in [3.8, 4) is 11.5 Å². The minimum atomic E-state index is -3.60. The first-order valence-electron chi connectivity index (χ1n) is 11.9. The van der Waals surface area contributed by atoms with Gasteiger partial charge in [0.2, 0.25) is 15.8 Å². The quantitative estimate of drug-likeness (QED) is 0.165. The molecule has 0 unspecified atom stereocenters. The van der Waals surface area contributed by atoms with E-state index in [0.29, 0.717) is 49.0 Å². The molecule has 0 fully saturated rings. The maximum Gasteiger partial charge on any atom is 0.221 e. The van der Waals surface area contributed by atoms with Gasteiger partial charge >= 0.3 is 0 Å². The van der Waals surface area contributed by atoms with Crippen molar-refractivity contribution in [3.05, 3.63) is 84.1 Å². The maximum atomic E-state index is 12.8. The summed E-state index contributed by atoms with van der Waals surface area (Å²) in [7, 11) is -2.01. The molecule has 7 N–H and O–H groups in total. The predicted molar refractivity (Wildman–Crippen MR) is 148 cm³/mol. The fourth-order valence-electron chi connectivity index (χ4n) is 3.76. The SMILES string of the molecule is COc1ccc(Cc2cnc(N)nc2N)cc1OCCCNc1ccc(S(=O)(=O)c2ccc(N)cc2)cc1. The van der Waals surface area contributed by atoms with Crippen molar-refractivity contribution >= 4 is 33.0 Å². The summed E-state index contributed by atoms with van der Waals surface area (Å²) < 4.78 is 37.0. The molecular weight excluding hydrogens is 504 g/mol. The van der Waals surface area contributed by atoms with E-state index in [4.69, 9.17) is 26.7 Å². The molecule has 10 nitrogen and oxygen atoms in total. The van der Waals surface area contributed by atoms with Crippen LogP contribution in [0.1, 0.15) is 17.5 Å². The van der Waals surface area contributed by atoms with Gasteiger partial charge in [-0.05, 0) is 72.6 Å². The molecule has 11 heteroatoms. The van der Waals surface area contributed by atoms with Crippen LogP contribution in [0.15, 0.2) is 82.7 Å². The number of rotatable bonds is 11. The number of anilines is 4. The van der Waals surface area contributed by atoms with Crippen LogP contribution in [-0.2, 0) is 16.3 Å². The van der Waals surface area contributed by atoms with E-state index in [2.05, 4.69) is 15.3 Å². The summed E-state index contributed by atoms with van der Waals surface area (Å²) in [5.41, 5.74) is 20.3. The third-order valence-electron chi connectivity index (χ3n) is 5.80. The summed E-state index contributed by atoms with van der Waals surface area (Å²) in [6.45, 7) is 1.08. The molecule has 3 aromatic carbocycles. The van der Waals surface area contributed by atoms with Crippen molar-refractivity contribution in [1.29, 1.82) is 0 Å². The van der Waals surface area contributed by atoms with Gasteiger partial charge in [0.15, 0.2) is 11.5 Å². The van der Waals surface area contributed by atoms with Crippen LogP contribution in [0.2, 0.25) is 0 Å². The number of nitrogens with zero attached hydrogens (tertiary/aromatic N) is 2. The Hall–Kier alpha value is -4.51. The Balaban J connectivity index is 1.30. The van der Waals surface area contributed by atoms with Crippen molar-refractivity contribution in [2.24, 2.45) is 0 Å². The van der Waals surface area contributed by atoms with Crippen LogP contribution >= 0.6 is 0 Å². The van der Waals surface area contributed by atoms with E-state index < -0.39 is 9.84 Å². The molecule has 0 atom stereocenters. The van der Waals surface area contributed by atoms with Gasteiger partial charge in [-0.25, -0.2) is 13.4 Å². The number of ether oxygens (including phenoxy) is 2. The third-order valence-corrected chi connectivity index (χ3v) is 7.59. The maximum absolute atomic E-state index is 12.8. The molecule has 0 saturated heterocycles. The number of hydrogen-bond acceptors (Lipinski definition) is 10. The second kappa shape index (κ2) is 11.7. The lowest BCUT2D eigenvalue weighted by Crippen LogP contribution is -2.08. The van der Waals surface area contributed by atoms with Crippen LogP contribution in [0.5, 0.6) is 11.5 Å². The zero-order valence-electron chi connectivity index (χ0n) is 20.9. The van der Waals surface area contributed by atoms with E-state index in [1.165, 1.54) is 12.1 Å². The minimum Gasteiger partial charge on any atom is -0.493 e. The van der Waals surface area contributed by atoms with Gasteiger partial charge in [-0.1, -0.05) is 6.07 Å². The van der Waals surface area contributed by atoms with Gasteiger partial charge in [0.05, 0.1) is 23.5 Å². The molecule has 0 spiro atoms. The molecule has 0 aliphatic carbocycles. The van der Waals surface area contributed by atoms with Crippen molar-refractivity contribution in [2.75, 3.05) is 42.8 Å². The highest BCUT2D eigenvalue weighted by Crippen LogP contribution is 2.30. The molecule has 38 heavy (non-hydrogen) atoms. The largest absolute Gasteiger partial charge is 0.493 e. The zero-order chi connectivity index (χ0) is 27.1. The van der Waals surface area contributed by atoms with Crippen LogP contribution in [-0.4, -0.2) is 38.6 Å². The Morgan fingerprint density at radius 2 is 1.58 bits per heavy atom. The second-order valence-corrected chi connectivity index (χ2v) is 10.5. The van der Waals surface area contributed by atoms with Crippen LogP contribution < -0.4 is 32.0 Å².